The van der Waals surface area contributed by atoms with Gasteiger partial charge in [0.25, 0.3) is 11.7 Å². The predicted octanol–water partition coefficient (Wildman–Crippen LogP) is 4.43. The van der Waals surface area contributed by atoms with Crippen LogP contribution in [0.5, 0.6) is 11.5 Å². The number of rotatable bonds is 6. The van der Waals surface area contributed by atoms with Gasteiger partial charge < -0.3 is 19.3 Å². The highest BCUT2D eigenvalue weighted by Crippen LogP contribution is 2.45. The smallest absolute Gasteiger partial charge is 0.337 e. The molecule has 1 unspecified atom stereocenters. The molecule has 3 aromatic carbocycles. The van der Waals surface area contributed by atoms with Gasteiger partial charge in [-0.15, -0.1) is 0 Å². The van der Waals surface area contributed by atoms with Crippen molar-refractivity contribution in [3.63, 3.8) is 0 Å². The molecule has 1 fully saturated rings. The molecule has 1 amide bonds. The van der Waals surface area contributed by atoms with Crippen LogP contribution in [0.3, 0.4) is 0 Å². The van der Waals surface area contributed by atoms with E-state index in [2.05, 4.69) is 0 Å². The number of hydrogen-bond donors (Lipinski definition) is 1. The number of ketones is 1. The summed E-state index contributed by atoms with van der Waals surface area (Å²) in [6.07, 6.45) is 0. The van der Waals surface area contributed by atoms with Gasteiger partial charge in [0.1, 0.15) is 17.3 Å². The molecule has 1 atom stereocenters. The zero-order valence-corrected chi connectivity index (χ0v) is 20.3. The van der Waals surface area contributed by atoms with E-state index in [0.29, 0.717) is 33.9 Å². The van der Waals surface area contributed by atoms with E-state index in [1.165, 1.54) is 32.3 Å². The van der Waals surface area contributed by atoms with Gasteiger partial charge >= 0.3 is 5.97 Å². The summed E-state index contributed by atoms with van der Waals surface area (Å²) in [5.41, 5.74) is 1.95. The van der Waals surface area contributed by atoms with Gasteiger partial charge in [0.05, 0.1) is 38.5 Å². The third kappa shape index (κ3) is 4.17. The van der Waals surface area contributed by atoms with Gasteiger partial charge in [0, 0.05) is 16.8 Å². The molecule has 0 aliphatic carbocycles. The fourth-order valence-electron chi connectivity index (χ4n) is 4.36. The van der Waals surface area contributed by atoms with Gasteiger partial charge in [-0.25, -0.2) is 4.79 Å². The largest absolute Gasteiger partial charge is 0.507 e. The molecule has 0 aromatic heterocycles. The minimum absolute atomic E-state index is 0.0961. The molecule has 3 aromatic rings. The highest BCUT2D eigenvalue weighted by molar-refractivity contribution is 6.51. The van der Waals surface area contributed by atoms with Crippen LogP contribution in [0.1, 0.15) is 33.1 Å². The Bertz CT molecular complexity index is 1390. The first-order valence-corrected chi connectivity index (χ1v) is 11.1. The van der Waals surface area contributed by atoms with Crippen LogP contribution >= 0.6 is 0 Å². The minimum Gasteiger partial charge on any atom is -0.507 e. The average molecular weight is 488 g/mol. The molecule has 0 saturated carbocycles. The number of para-hydroxylation sites is 1. The Morgan fingerprint density at radius 3 is 2.33 bits per heavy atom. The van der Waals surface area contributed by atoms with Gasteiger partial charge in [-0.05, 0) is 55.0 Å². The van der Waals surface area contributed by atoms with Gasteiger partial charge in [-0.3, -0.25) is 14.5 Å². The van der Waals surface area contributed by atoms with Crippen molar-refractivity contribution in [3.8, 4) is 11.5 Å². The second-order valence-electron chi connectivity index (χ2n) is 8.13. The zero-order valence-electron chi connectivity index (χ0n) is 20.3. The van der Waals surface area contributed by atoms with E-state index in [1.807, 2.05) is 0 Å². The molecule has 8 heteroatoms. The molecule has 184 valence electrons. The molecule has 0 bridgehead atoms. The Hall–Kier alpha value is -4.59. The SMILES string of the molecule is COC(=O)c1cccc(N2C(=O)C(=O)/C(=C(/O)c3ccc(OC)cc3C)C2c2ccccc2OC)c1. The quantitative estimate of drug-likeness (QED) is 0.238. The summed E-state index contributed by atoms with van der Waals surface area (Å²) in [6, 6.07) is 17.2. The fourth-order valence-corrected chi connectivity index (χ4v) is 4.36. The maximum Gasteiger partial charge on any atom is 0.337 e. The number of anilines is 1. The lowest BCUT2D eigenvalue weighted by atomic mass is 9.93. The Morgan fingerprint density at radius 2 is 1.67 bits per heavy atom. The van der Waals surface area contributed by atoms with Gasteiger partial charge in [-0.1, -0.05) is 24.3 Å². The van der Waals surface area contributed by atoms with E-state index in [4.69, 9.17) is 14.2 Å². The number of nitrogens with zero attached hydrogens (tertiary/aromatic N) is 1. The Balaban J connectivity index is 1.98. The van der Waals surface area contributed by atoms with Crippen LogP contribution in [-0.4, -0.2) is 44.1 Å². The van der Waals surface area contributed by atoms with E-state index in [1.54, 1.807) is 67.6 Å². The number of esters is 1. The van der Waals surface area contributed by atoms with Crippen LogP contribution in [0, 0.1) is 6.92 Å². The molecular weight excluding hydrogens is 462 g/mol. The number of amides is 1. The van der Waals surface area contributed by atoms with Gasteiger partial charge in [0.15, 0.2) is 0 Å². The first-order chi connectivity index (χ1) is 17.3. The first-order valence-electron chi connectivity index (χ1n) is 11.1. The van der Waals surface area contributed by atoms with Crippen LogP contribution in [-0.2, 0) is 14.3 Å². The fraction of sp³-hybridized carbons (Fsp3) is 0.179. The molecule has 1 N–H and O–H groups in total. The maximum absolute atomic E-state index is 13.4. The molecule has 1 saturated heterocycles. The number of aliphatic hydroxyl groups is 1. The molecule has 1 heterocycles. The van der Waals surface area contributed by atoms with Crippen molar-refractivity contribution >= 4 is 29.1 Å². The number of aliphatic hydroxyl groups excluding tert-OH is 1. The maximum atomic E-state index is 13.4. The summed E-state index contributed by atoms with van der Waals surface area (Å²) < 4.78 is 15.6. The highest BCUT2D eigenvalue weighted by atomic mass is 16.5. The highest BCUT2D eigenvalue weighted by Gasteiger charge is 2.48. The number of aryl methyl sites for hydroxylation is 1. The normalized spacial score (nSPS) is 16.7. The van der Waals surface area contributed by atoms with Gasteiger partial charge in [-0.2, -0.15) is 0 Å². The summed E-state index contributed by atoms with van der Waals surface area (Å²) in [4.78, 5) is 40.3. The number of carbonyl (C=O) groups excluding carboxylic acids is 3. The molecule has 0 spiro atoms. The Kier molecular flexibility index (Phi) is 6.78. The van der Waals surface area contributed by atoms with Crippen LogP contribution in [0.25, 0.3) is 5.76 Å². The Morgan fingerprint density at radius 1 is 0.917 bits per heavy atom. The van der Waals surface area contributed by atoms with E-state index < -0.39 is 23.7 Å². The van der Waals surface area contributed by atoms with Crippen molar-refractivity contribution in [1.82, 2.24) is 0 Å². The third-order valence-electron chi connectivity index (χ3n) is 6.11. The molecule has 4 rings (SSSR count). The van der Waals surface area contributed by atoms with Crippen molar-refractivity contribution in [1.29, 1.82) is 0 Å². The van der Waals surface area contributed by atoms with Crippen molar-refractivity contribution in [2.45, 2.75) is 13.0 Å². The number of methoxy groups -OCH3 is 3. The second kappa shape index (κ2) is 9.95. The zero-order chi connectivity index (χ0) is 26.0. The monoisotopic (exact) mass is 487 g/mol. The number of benzene rings is 3. The number of ether oxygens (including phenoxy) is 3. The lowest BCUT2D eigenvalue weighted by Gasteiger charge is -2.27. The van der Waals surface area contributed by atoms with Crippen LogP contribution in [0.4, 0.5) is 5.69 Å². The molecular formula is C28H25NO7. The summed E-state index contributed by atoms with van der Waals surface area (Å²) in [7, 11) is 4.27. The van der Waals surface area contributed by atoms with Crippen LogP contribution in [0.15, 0.2) is 72.3 Å². The molecule has 1 aliphatic heterocycles. The summed E-state index contributed by atoms with van der Waals surface area (Å²) >= 11 is 0. The number of hydrogen-bond acceptors (Lipinski definition) is 7. The lowest BCUT2D eigenvalue weighted by Crippen LogP contribution is -2.29. The molecule has 0 radical (unpaired) electrons. The van der Waals surface area contributed by atoms with E-state index in [-0.39, 0.29) is 16.9 Å². The lowest BCUT2D eigenvalue weighted by molar-refractivity contribution is -0.132. The second-order valence-corrected chi connectivity index (χ2v) is 8.13. The molecule has 36 heavy (non-hydrogen) atoms. The predicted molar refractivity (Wildman–Crippen MR) is 133 cm³/mol. The van der Waals surface area contributed by atoms with Crippen LogP contribution < -0.4 is 14.4 Å². The van der Waals surface area contributed by atoms with Crippen LogP contribution in [0.2, 0.25) is 0 Å². The van der Waals surface area contributed by atoms with Crippen molar-refractivity contribution in [2.75, 3.05) is 26.2 Å². The summed E-state index contributed by atoms with van der Waals surface area (Å²) in [5.74, 6) is -1.60. The Labute approximate surface area is 208 Å². The van der Waals surface area contributed by atoms with Crippen molar-refractivity contribution in [3.05, 3.63) is 94.6 Å². The van der Waals surface area contributed by atoms with E-state index in [0.717, 1.165) is 0 Å². The number of Topliss-reactive ketones (excluding diaryl/α,β-unsaturated/α-hetero) is 1. The third-order valence-corrected chi connectivity index (χ3v) is 6.11. The molecule has 8 nitrogen and oxygen atoms in total. The topological polar surface area (TPSA) is 102 Å². The van der Waals surface area contributed by atoms with Crippen molar-refractivity contribution in [2.24, 2.45) is 0 Å². The first kappa shape index (κ1) is 24.5. The van der Waals surface area contributed by atoms with Crippen molar-refractivity contribution < 1.29 is 33.7 Å². The molecule has 1 aliphatic rings. The number of carbonyl (C=O) groups is 3. The van der Waals surface area contributed by atoms with E-state index >= 15 is 0 Å². The minimum atomic E-state index is -1.02. The standard InChI is InChI=1S/C28H25NO7/c1-16-14-19(34-2)12-13-20(16)25(30)23-24(21-10-5-6-11-22(21)35-3)29(27(32)26(23)31)18-9-7-8-17(15-18)28(33)36-4/h5-15,24,30H,1-4H3/b25-23+. The average Bonchev–Trinajstić information content (AvgIpc) is 3.17. The summed E-state index contributed by atoms with van der Waals surface area (Å²) in [6.45, 7) is 1.77. The summed E-state index contributed by atoms with van der Waals surface area (Å²) in [5, 5.41) is 11.4. The van der Waals surface area contributed by atoms with Gasteiger partial charge in [0.2, 0.25) is 0 Å². The van der Waals surface area contributed by atoms with E-state index in [9.17, 15) is 19.5 Å².